The molecule has 128 valence electrons. The highest BCUT2D eigenvalue weighted by Crippen LogP contribution is 2.26. The largest absolute Gasteiger partial charge is 0.452 e. The minimum atomic E-state index is -0.770. The van der Waals surface area contributed by atoms with Gasteiger partial charge in [-0.2, -0.15) is 11.3 Å². The normalized spacial score (nSPS) is 16.0. The van der Waals surface area contributed by atoms with Crippen molar-refractivity contribution in [3.05, 3.63) is 27.9 Å². The van der Waals surface area contributed by atoms with Crippen molar-refractivity contribution in [1.29, 1.82) is 0 Å². The van der Waals surface area contributed by atoms with Gasteiger partial charge in [0.15, 0.2) is 6.10 Å². The second kappa shape index (κ2) is 7.90. The molecular weight excluding hydrogens is 344 g/mol. The molecule has 7 heteroatoms. The summed E-state index contributed by atoms with van der Waals surface area (Å²) >= 11 is 3.12. The van der Waals surface area contributed by atoms with E-state index in [-0.39, 0.29) is 18.4 Å². The molecule has 1 saturated carbocycles. The summed E-state index contributed by atoms with van der Waals surface area (Å²) in [5.41, 5.74) is 1.74. The lowest BCUT2D eigenvalue weighted by Crippen LogP contribution is -2.41. The number of hydrogen-bond donors (Lipinski definition) is 1. The highest BCUT2D eigenvalue weighted by atomic mass is 32.1. The quantitative estimate of drug-likeness (QED) is 0.798. The zero-order valence-corrected chi connectivity index (χ0v) is 15.1. The second-order valence-corrected chi connectivity index (χ2v) is 7.59. The Morgan fingerprint density at radius 2 is 2.17 bits per heavy atom. The molecule has 1 aliphatic rings. The maximum atomic E-state index is 12.0. The molecule has 0 bridgehead atoms. The minimum absolute atomic E-state index is 0.0850. The molecule has 1 fully saturated rings. The molecule has 0 radical (unpaired) electrons. The van der Waals surface area contributed by atoms with Gasteiger partial charge >= 0.3 is 5.97 Å². The van der Waals surface area contributed by atoms with Crippen molar-refractivity contribution in [1.82, 2.24) is 10.3 Å². The van der Waals surface area contributed by atoms with E-state index in [1.54, 1.807) is 18.3 Å². The standard InChI is InChI=1S/C17H20N2O3S2/c1-11(16(21)18-13-4-2-3-5-13)22-15(20)8-14-10-24-17(19-14)12-6-7-23-9-12/h6-7,9-11,13H,2-5,8H2,1H3,(H,18,21)/t11-/m0/s1. The number of hydrogen-bond acceptors (Lipinski definition) is 6. The number of nitrogens with one attached hydrogen (secondary N) is 1. The van der Waals surface area contributed by atoms with E-state index in [1.165, 1.54) is 11.3 Å². The van der Waals surface area contributed by atoms with Gasteiger partial charge in [0.2, 0.25) is 0 Å². The highest BCUT2D eigenvalue weighted by Gasteiger charge is 2.23. The molecule has 1 atom stereocenters. The number of amides is 1. The van der Waals surface area contributed by atoms with Crippen molar-refractivity contribution in [2.75, 3.05) is 0 Å². The van der Waals surface area contributed by atoms with Gasteiger partial charge in [0.25, 0.3) is 5.91 Å². The van der Waals surface area contributed by atoms with E-state index in [0.717, 1.165) is 36.3 Å². The molecule has 3 rings (SSSR count). The van der Waals surface area contributed by atoms with Crippen LogP contribution in [0.1, 0.15) is 38.3 Å². The van der Waals surface area contributed by atoms with Gasteiger partial charge in [-0.1, -0.05) is 12.8 Å². The van der Waals surface area contributed by atoms with Gasteiger partial charge in [-0.05, 0) is 31.2 Å². The number of nitrogens with zero attached hydrogens (tertiary/aromatic N) is 1. The molecule has 0 aromatic carbocycles. The first-order valence-electron chi connectivity index (χ1n) is 8.08. The Balaban J connectivity index is 1.49. The van der Waals surface area contributed by atoms with Crippen molar-refractivity contribution in [2.24, 2.45) is 0 Å². The highest BCUT2D eigenvalue weighted by molar-refractivity contribution is 7.14. The van der Waals surface area contributed by atoms with Gasteiger partial charge in [-0.15, -0.1) is 11.3 Å². The van der Waals surface area contributed by atoms with Crippen LogP contribution in [0.5, 0.6) is 0 Å². The summed E-state index contributed by atoms with van der Waals surface area (Å²) in [6.07, 6.45) is 3.63. The zero-order valence-electron chi connectivity index (χ0n) is 13.5. The maximum Gasteiger partial charge on any atom is 0.312 e. The number of rotatable bonds is 6. The van der Waals surface area contributed by atoms with Crippen molar-refractivity contribution in [2.45, 2.75) is 51.2 Å². The monoisotopic (exact) mass is 364 g/mol. The van der Waals surface area contributed by atoms with Crippen LogP contribution in [0.15, 0.2) is 22.2 Å². The molecule has 0 spiro atoms. The topological polar surface area (TPSA) is 68.3 Å². The van der Waals surface area contributed by atoms with Crippen LogP contribution in [0, 0.1) is 0 Å². The first-order valence-corrected chi connectivity index (χ1v) is 9.91. The Bertz CT molecular complexity index is 691. The molecule has 24 heavy (non-hydrogen) atoms. The Kier molecular flexibility index (Phi) is 5.63. The van der Waals surface area contributed by atoms with Crippen molar-refractivity contribution < 1.29 is 14.3 Å². The Morgan fingerprint density at radius 1 is 1.38 bits per heavy atom. The van der Waals surface area contributed by atoms with Gasteiger partial charge in [0.1, 0.15) is 5.01 Å². The van der Waals surface area contributed by atoms with Crippen LogP contribution >= 0.6 is 22.7 Å². The molecule has 1 N–H and O–H groups in total. The summed E-state index contributed by atoms with van der Waals surface area (Å²) < 4.78 is 5.24. The van der Waals surface area contributed by atoms with Gasteiger partial charge in [-0.25, -0.2) is 4.98 Å². The first-order chi connectivity index (χ1) is 11.6. The molecule has 5 nitrogen and oxygen atoms in total. The maximum absolute atomic E-state index is 12.0. The lowest BCUT2D eigenvalue weighted by molar-refractivity contribution is -0.154. The molecular formula is C17H20N2O3S2. The summed E-state index contributed by atoms with van der Waals surface area (Å²) in [5.74, 6) is -0.640. The second-order valence-electron chi connectivity index (χ2n) is 5.95. The van der Waals surface area contributed by atoms with Crippen molar-refractivity contribution in [3.63, 3.8) is 0 Å². The van der Waals surface area contributed by atoms with E-state index in [1.807, 2.05) is 22.2 Å². The van der Waals surface area contributed by atoms with Gasteiger partial charge in [0, 0.05) is 22.4 Å². The summed E-state index contributed by atoms with van der Waals surface area (Å²) in [7, 11) is 0. The molecule has 0 unspecified atom stereocenters. The third kappa shape index (κ3) is 4.42. The smallest absolute Gasteiger partial charge is 0.312 e. The molecule has 0 aliphatic heterocycles. The van der Waals surface area contributed by atoms with E-state index < -0.39 is 12.1 Å². The summed E-state index contributed by atoms with van der Waals surface area (Å²) in [5, 5.41) is 9.71. The predicted octanol–water partition coefficient (Wildman–Crippen LogP) is 3.40. The molecule has 0 saturated heterocycles. The fourth-order valence-electron chi connectivity index (χ4n) is 2.74. The average molecular weight is 364 g/mol. The van der Waals surface area contributed by atoms with Gasteiger partial charge in [0.05, 0.1) is 12.1 Å². The number of carbonyl (C=O) groups is 2. The lowest BCUT2D eigenvalue weighted by Gasteiger charge is -2.16. The van der Waals surface area contributed by atoms with Crippen LogP contribution in [0.3, 0.4) is 0 Å². The lowest BCUT2D eigenvalue weighted by atomic mass is 10.2. The molecule has 2 heterocycles. The number of carbonyl (C=O) groups excluding carboxylic acids is 2. The average Bonchev–Trinajstić information content (AvgIpc) is 3.29. The van der Waals surface area contributed by atoms with Crippen molar-refractivity contribution in [3.8, 4) is 10.6 Å². The Labute approximate surface area is 149 Å². The van der Waals surface area contributed by atoms with E-state index in [9.17, 15) is 9.59 Å². The predicted molar refractivity (Wildman–Crippen MR) is 95.1 cm³/mol. The number of ether oxygens (including phenoxy) is 1. The van der Waals surface area contributed by atoms with Crippen LogP contribution < -0.4 is 5.32 Å². The Morgan fingerprint density at radius 3 is 2.88 bits per heavy atom. The third-order valence-corrected chi connectivity index (χ3v) is 5.65. The van der Waals surface area contributed by atoms with E-state index >= 15 is 0 Å². The molecule has 2 aromatic heterocycles. The molecule has 2 aromatic rings. The number of thiophene rings is 1. The van der Waals surface area contributed by atoms with Crippen LogP contribution in [-0.2, 0) is 20.7 Å². The number of esters is 1. The first kappa shape index (κ1) is 17.1. The number of thiazole rings is 1. The van der Waals surface area contributed by atoms with Gasteiger partial charge < -0.3 is 10.1 Å². The van der Waals surface area contributed by atoms with Crippen LogP contribution in [0.4, 0.5) is 0 Å². The number of aromatic nitrogens is 1. The van der Waals surface area contributed by atoms with Crippen LogP contribution in [0.25, 0.3) is 10.6 Å². The van der Waals surface area contributed by atoms with E-state index in [4.69, 9.17) is 4.74 Å². The minimum Gasteiger partial charge on any atom is -0.452 e. The molecule has 1 aliphatic carbocycles. The third-order valence-electron chi connectivity index (χ3n) is 4.02. The fourth-order valence-corrected chi connectivity index (χ4v) is 4.27. The van der Waals surface area contributed by atoms with Crippen LogP contribution in [0.2, 0.25) is 0 Å². The summed E-state index contributed by atoms with van der Waals surface area (Å²) in [4.78, 5) is 28.5. The zero-order chi connectivity index (χ0) is 16.9. The fraction of sp³-hybridized carbons (Fsp3) is 0.471. The molecule has 1 amide bonds. The van der Waals surface area contributed by atoms with Crippen LogP contribution in [-0.4, -0.2) is 29.0 Å². The van der Waals surface area contributed by atoms with E-state index in [0.29, 0.717) is 5.69 Å². The van der Waals surface area contributed by atoms with Gasteiger partial charge in [-0.3, -0.25) is 9.59 Å². The van der Waals surface area contributed by atoms with Crippen molar-refractivity contribution >= 4 is 34.6 Å². The Hall–Kier alpha value is -1.73. The van der Waals surface area contributed by atoms with E-state index in [2.05, 4.69) is 10.3 Å². The summed E-state index contributed by atoms with van der Waals surface area (Å²) in [6.45, 7) is 1.61. The summed E-state index contributed by atoms with van der Waals surface area (Å²) in [6, 6.07) is 2.23. The SMILES string of the molecule is C[C@H](OC(=O)Cc1csc(-c2ccsc2)n1)C(=O)NC1CCCC1.